The second-order valence-corrected chi connectivity index (χ2v) is 3.81. The standard InChI is InChI=1S/C12H15N3O5/c1-7(11(17)15-12(14)18)20-10(16)6-19-9-5-3-2-4-8(9)13/h2-5,7H,6,13H2,1H3,(H3,14,15,17,18). The molecule has 8 nitrogen and oxygen atoms in total. The maximum atomic E-state index is 11.4. The van der Waals surface area contributed by atoms with Crippen molar-refractivity contribution in [2.24, 2.45) is 5.73 Å². The smallest absolute Gasteiger partial charge is 0.344 e. The highest BCUT2D eigenvalue weighted by Crippen LogP contribution is 2.19. The van der Waals surface area contributed by atoms with Gasteiger partial charge in [0.1, 0.15) is 5.75 Å². The molecule has 5 N–H and O–H groups in total. The lowest BCUT2D eigenvalue weighted by Gasteiger charge is -2.13. The number of amides is 3. The number of carbonyl (C=O) groups excluding carboxylic acids is 3. The van der Waals surface area contributed by atoms with Gasteiger partial charge in [0, 0.05) is 0 Å². The Bertz CT molecular complexity index is 518. The minimum absolute atomic E-state index is 0.332. The summed E-state index contributed by atoms with van der Waals surface area (Å²) in [6.07, 6.45) is -1.16. The Morgan fingerprint density at radius 3 is 2.55 bits per heavy atom. The van der Waals surface area contributed by atoms with E-state index in [0.717, 1.165) is 0 Å². The highest BCUT2D eigenvalue weighted by atomic mass is 16.6. The largest absolute Gasteiger partial charge is 0.480 e. The van der Waals surface area contributed by atoms with Crippen LogP contribution in [0.2, 0.25) is 0 Å². The number of urea groups is 1. The van der Waals surface area contributed by atoms with Crippen LogP contribution in [0.1, 0.15) is 6.92 Å². The lowest BCUT2D eigenvalue weighted by Crippen LogP contribution is -2.42. The predicted octanol–water partition coefficient (Wildman–Crippen LogP) is -0.226. The number of hydrogen-bond donors (Lipinski definition) is 3. The van der Waals surface area contributed by atoms with E-state index in [4.69, 9.17) is 20.9 Å². The monoisotopic (exact) mass is 281 g/mol. The Kier molecular flexibility index (Phi) is 5.33. The van der Waals surface area contributed by atoms with Crippen molar-refractivity contribution < 1.29 is 23.9 Å². The van der Waals surface area contributed by atoms with Gasteiger partial charge in [-0.05, 0) is 19.1 Å². The lowest BCUT2D eigenvalue weighted by atomic mass is 10.3. The summed E-state index contributed by atoms with van der Waals surface area (Å²) in [5.74, 6) is -1.26. The van der Waals surface area contributed by atoms with Crippen LogP contribution in [-0.4, -0.2) is 30.6 Å². The van der Waals surface area contributed by atoms with Crippen LogP contribution in [0, 0.1) is 0 Å². The fraction of sp³-hybridized carbons (Fsp3) is 0.250. The molecule has 1 rings (SSSR count). The molecule has 0 aliphatic heterocycles. The molecule has 8 heteroatoms. The van der Waals surface area contributed by atoms with Crippen molar-refractivity contribution in [2.75, 3.05) is 12.3 Å². The molecular formula is C12H15N3O5. The van der Waals surface area contributed by atoms with Crippen LogP contribution in [0.3, 0.4) is 0 Å². The van der Waals surface area contributed by atoms with Gasteiger partial charge in [0.05, 0.1) is 5.69 Å². The van der Waals surface area contributed by atoms with E-state index in [2.05, 4.69) is 0 Å². The summed E-state index contributed by atoms with van der Waals surface area (Å²) >= 11 is 0. The molecule has 1 aromatic rings. The Morgan fingerprint density at radius 1 is 1.30 bits per heavy atom. The fourth-order valence-electron chi connectivity index (χ4n) is 1.26. The van der Waals surface area contributed by atoms with Crippen molar-refractivity contribution in [3.8, 4) is 5.75 Å². The zero-order valence-electron chi connectivity index (χ0n) is 10.8. The molecule has 1 atom stereocenters. The number of benzene rings is 1. The van der Waals surface area contributed by atoms with E-state index >= 15 is 0 Å². The summed E-state index contributed by atoms with van der Waals surface area (Å²) in [7, 11) is 0. The SMILES string of the molecule is CC(OC(=O)COc1ccccc1N)C(=O)NC(N)=O. The zero-order chi connectivity index (χ0) is 15.1. The van der Waals surface area contributed by atoms with Crippen molar-refractivity contribution in [3.63, 3.8) is 0 Å². The molecule has 20 heavy (non-hydrogen) atoms. The number of nitrogens with one attached hydrogen (secondary N) is 1. The summed E-state index contributed by atoms with van der Waals surface area (Å²) in [6.45, 7) is 0.884. The van der Waals surface area contributed by atoms with Crippen molar-refractivity contribution in [1.82, 2.24) is 5.32 Å². The van der Waals surface area contributed by atoms with E-state index in [1.165, 1.54) is 6.92 Å². The third kappa shape index (κ3) is 4.84. The van der Waals surface area contributed by atoms with Gasteiger partial charge in [-0.3, -0.25) is 10.1 Å². The molecule has 0 saturated carbocycles. The van der Waals surface area contributed by atoms with Crippen LogP contribution in [0.15, 0.2) is 24.3 Å². The van der Waals surface area contributed by atoms with E-state index in [1.54, 1.807) is 29.6 Å². The van der Waals surface area contributed by atoms with Gasteiger partial charge in [0.2, 0.25) is 0 Å². The molecule has 0 fully saturated rings. The molecular weight excluding hydrogens is 266 g/mol. The van der Waals surface area contributed by atoms with Gasteiger partial charge in [-0.15, -0.1) is 0 Å². The van der Waals surface area contributed by atoms with Crippen molar-refractivity contribution >= 4 is 23.6 Å². The maximum Gasteiger partial charge on any atom is 0.344 e. The lowest BCUT2D eigenvalue weighted by molar-refractivity contribution is -0.156. The molecule has 0 heterocycles. The molecule has 0 aromatic heterocycles. The number of primary amides is 1. The summed E-state index contributed by atoms with van der Waals surface area (Å²) in [5, 5.41) is 1.79. The van der Waals surface area contributed by atoms with Gasteiger partial charge in [-0.25, -0.2) is 9.59 Å². The minimum Gasteiger partial charge on any atom is -0.480 e. The maximum absolute atomic E-state index is 11.4. The van der Waals surface area contributed by atoms with Gasteiger partial charge >= 0.3 is 12.0 Å². The first-order valence-electron chi connectivity index (χ1n) is 5.67. The van der Waals surface area contributed by atoms with Gasteiger partial charge in [0.25, 0.3) is 5.91 Å². The normalized spacial score (nSPS) is 11.2. The van der Waals surface area contributed by atoms with E-state index in [-0.39, 0.29) is 0 Å². The number of ether oxygens (including phenoxy) is 2. The van der Waals surface area contributed by atoms with Crippen LogP contribution in [0.4, 0.5) is 10.5 Å². The topological polar surface area (TPSA) is 134 Å². The Hall–Kier alpha value is -2.77. The fourth-order valence-corrected chi connectivity index (χ4v) is 1.26. The average molecular weight is 281 g/mol. The quantitative estimate of drug-likeness (QED) is 0.504. The average Bonchev–Trinajstić information content (AvgIpc) is 2.37. The van der Waals surface area contributed by atoms with E-state index < -0.39 is 30.6 Å². The molecule has 1 unspecified atom stereocenters. The second kappa shape index (κ2) is 6.98. The second-order valence-electron chi connectivity index (χ2n) is 3.81. The summed E-state index contributed by atoms with van der Waals surface area (Å²) in [5.41, 5.74) is 10.8. The number of rotatable bonds is 5. The first-order valence-corrected chi connectivity index (χ1v) is 5.67. The van der Waals surface area contributed by atoms with Gasteiger partial charge in [0.15, 0.2) is 12.7 Å². The molecule has 108 valence electrons. The molecule has 0 aliphatic rings. The van der Waals surface area contributed by atoms with Crippen LogP contribution in [0.25, 0.3) is 0 Å². The van der Waals surface area contributed by atoms with E-state index in [9.17, 15) is 14.4 Å². The van der Waals surface area contributed by atoms with Crippen molar-refractivity contribution in [1.29, 1.82) is 0 Å². The molecule has 0 bridgehead atoms. The minimum atomic E-state index is -1.16. The summed E-state index contributed by atoms with van der Waals surface area (Å²) in [6, 6.07) is 5.60. The number of imide groups is 1. The van der Waals surface area contributed by atoms with Gasteiger partial charge < -0.3 is 20.9 Å². The van der Waals surface area contributed by atoms with Crippen LogP contribution in [-0.2, 0) is 14.3 Å². The highest BCUT2D eigenvalue weighted by Gasteiger charge is 2.19. The first-order chi connectivity index (χ1) is 9.40. The number of anilines is 1. The summed E-state index contributed by atoms with van der Waals surface area (Å²) in [4.78, 5) is 33.2. The van der Waals surface area contributed by atoms with E-state index in [1.807, 2.05) is 0 Å². The third-order valence-electron chi connectivity index (χ3n) is 2.19. The number of nitrogen functional groups attached to an aromatic ring is 1. The van der Waals surface area contributed by atoms with E-state index in [0.29, 0.717) is 11.4 Å². The summed E-state index contributed by atoms with van der Waals surface area (Å²) < 4.78 is 9.89. The first kappa shape index (κ1) is 15.3. The molecule has 0 spiro atoms. The highest BCUT2D eigenvalue weighted by molar-refractivity contribution is 5.96. The van der Waals surface area contributed by atoms with Crippen molar-refractivity contribution in [2.45, 2.75) is 13.0 Å². The van der Waals surface area contributed by atoms with Crippen LogP contribution >= 0.6 is 0 Å². The molecule has 0 saturated heterocycles. The predicted molar refractivity (Wildman–Crippen MR) is 69.6 cm³/mol. The third-order valence-corrected chi connectivity index (χ3v) is 2.19. The molecule has 0 radical (unpaired) electrons. The molecule has 1 aromatic carbocycles. The van der Waals surface area contributed by atoms with Gasteiger partial charge in [-0.2, -0.15) is 0 Å². The number of hydrogen-bond acceptors (Lipinski definition) is 6. The molecule has 0 aliphatic carbocycles. The number of esters is 1. The Morgan fingerprint density at radius 2 is 1.95 bits per heavy atom. The Labute approximate surface area is 115 Å². The van der Waals surface area contributed by atoms with Crippen molar-refractivity contribution in [3.05, 3.63) is 24.3 Å². The number of nitrogens with two attached hydrogens (primary N) is 2. The van der Waals surface area contributed by atoms with Gasteiger partial charge in [-0.1, -0.05) is 12.1 Å². The number of carbonyl (C=O) groups is 3. The van der Waals surface area contributed by atoms with Crippen LogP contribution < -0.4 is 21.5 Å². The zero-order valence-corrected chi connectivity index (χ0v) is 10.8. The number of para-hydroxylation sites is 2. The van der Waals surface area contributed by atoms with Crippen LogP contribution in [0.5, 0.6) is 5.75 Å². The molecule has 3 amide bonds. The Balaban J connectivity index is 2.42.